The summed E-state index contributed by atoms with van der Waals surface area (Å²) in [7, 11) is 3.70. The van der Waals surface area contributed by atoms with Crippen LogP contribution in [0.5, 0.6) is 0 Å². The molecule has 2 heterocycles. The van der Waals surface area contributed by atoms with Crippen LogP contribution >= 0.6 is 23.4 Å². The number of anilines is 3. The molecule has 0 radical (unpaired) electrons. The van der Waals surface area contributed by atoms with Gasteiger partial charge in [-0.25, -0.2) is 9.59 Å². The fourth-order valence-electron chi connectivity index (χ4n) is 4.47. The largest absolute Gasteiger partial charge is 0.490 e. The average Bonchev–Trinajstić information content (AvgIpc) is 3.30. The van der Waals surface area contributed by atoms with Crippen molar-refractivity contribution in [3.63, 3.8) is 0 Å². The van der Waals surface area contributed by atoms with E-state index in [1.54, 1.807) is 31.2 Å². The van der Waals surface area contributed by atoms with Crippen molar-refractivity contribution in [3.8, 4) is 0 Å². The van der Waals surface area contributed by atoms with Gasteiger partial charge in [-0.3, -0.25) is 14.6 Å². The number of nitrogens with zero attached hydrogens (tertiary/aromatic N) is 3. The van der Waals surface area contributed by atoms with Crippen LogP contribution in [0.25, 0.3) is 17.0 Å². The van der Waals surface area contributed by atoms with Gasteiger partial charge in [0, 0.05) is 37.3 Å². The van der Waals surface area contributed by atoms with Gasteiger partial charge in [0.2, 0.25) is 5.91 Å². The Hall–Kier alpha value is -4.63. The highest BCUT2D eigenvalue weighted by Crippen LogP contribution is 2.35. The average molecular weight is 692 g/mol. The SMILES string of the molecule is CCOC(=O)c1cnc2ccc(C=C3SC(Nc4cc(NC(=O)C5CCC5)ccc4Cl)=NC3=O)cc2c1N(C)C.O=C(O)C(F)(F)F. The van der Waals surface area contributed by atoms with Crippen LogP contribution in [0.1, 0.15) is 42.1 Å². The van der Waals surface area contributed by atoms with Gasteiger partial charge in [0.25, 0.3) is 5.91 Å². The van der Waals surface area contributed by atoms with Crippen molar-refractivity contribution in [3.05, 3.63) is 63.6 Å². The lowest BCUT2D eigenvalue weighted by molar-refractivity contribution is -0.192. The van der Waals surface area contributed by atoms with E-state index in [4.69, 9.17) is 26.2 Å². The molecule has 0 atom stereocenters. The van der Waals surface area contributed by atoms with Crippen LogP contribution in [-0.2, 0) is 19.1 Å². The van der Waals surface area contributed by atoms with E-state index in [1.807, 2.05) is 37.2 Å². The van der Waals surface area contributed by atoms with Gasteiger partial charge in [-0.1, -0.05) is 24.1 Å². The summed E-state index contributed by atoms with van der Waals surface area (Å²) in [6.07, 6.45) is 1.08. The summed E-state index contributed by atoms with van der Waals surface area (Å²) in [5.41, 5.74) is 3.68. The number of nitrogens with one attached hydrogen (secondary N) is 2. The molecule has 248 valence electrons. The number of esters is 1. The number of aliphatic imine (C=N–C) groups is 1. The minimum atomic E-state index is -5.08. The molecule has 3 aromatic rings. The third-order valence-electron chi connectivity index (χ3n) is 6.92. The number of hydrogen-bond donors (Lipinski definition) is 3. The van der Waals surface area contributed by atoms with E-state index in [2.05, 4.69) is 20.6 Å². The molecule has 0 bridgehead atoms. The number of carbonyl (C=O) groups is 4. The summed E-state index contributed by atoms with van der Waals surface area (Å²) in [6.45, 7) is 2.02. The topological polar surface area (TPSA) is 150 Å². The number of benzene rings is 2. The quantitative estimate of drug-likeness (QED) is 0.183. The third kappa shape index (κ3) is 8.80. The van der Waals surface area contributed by atoms with Gasteiger partial charge in [-0.05, 0) is 73.5 Å². The number of pyridine rings is 1. The molecule has 0 saturated heterocycles. The highest BCUT2D eigenvalue weighted by molar-refractivity contribution is 8.18. The van der Waals surface area contributed by atoms with Gasteiger partial charge in [-0.15, -0.1) is 0 Å². The maximum Gasteiger partial charge on any atom is 0.490 e. The number of carboxylic acids is 1. The summed E-state index contributed by atoms with van der Waals surface area (Å²) < 4.78 is 37.0. The van der Waals surface area contributed by atoms with Crippen LogP contribution in [0.15, 0.2) is 52.5 Å². The Kier molecular flexibility index (Phi) is 11.1. The number of carbonyl (C=O) groups excluding carboxylic acids is 3. The maximum absolute atomic E-state index is 12.8. The number of carboxylic acid groups (broad SMARTS) is 1. The van der Waals surface area contributed by atoms with Crippen molar-refractivity contribution in [1.29, 1.82) is 0 Å². The summed E-state index contributed by atoms with van der Waals surface area (Å²) in [5, 5.41) is 14.7. The molecule has 1 saturated carbocycles. The highest BCUT2D eigenvalue weighted by atomic mass is 35.5. The molecule has 1 aliphatic carbocycles. The van der Waals surface area contributed by atoms with Crippen LogP contribution in [0.2, 0.25) is 5.02 Å². The molecule has 3 N–H and O–H groups in total. The van der Waals surface area contributed by atoms with E-state index < -0.39 is 18.1 Å². The van der Waals surface area contributed by atoms with Crippen molar-refractivity contribution in [1.82, 2.24) is 4.98 Å². The monoisotopic (exact) mass is 691 g/mol. The molecule has 0 spiro atoms. The summed E-state index contributed by atoms with van der Waals surface area (Å²) in [6, 6.07) is 10.8. The zero-order valence-corrected chi connectivity index (χ0v) is 26.8. The summed E-state index contributed by atoms with van der Waals surface area (Å²) in [4.78, 5) is 57.4. The fourth-order valence-corrected chi connectivity index (χ4v) is 5.46. The van der Waals surface area contributed by atoms with Crippen LogP contribution < -0.4 is 15.5 Å². The normalized spacial score (nSPS) is 15.3. The number of rotatable bonds is 7. The molecular weight excluding hydrogens is 663 g/mol. The van der Waals surface area contributed by atoms with Crippen LogP contribution in [0.4, 0.5) is 30.2 Å². The number of amides is 2. The molecule has 2 aliphatic rings. The van der Waals surface area contributed by atoms with Crippen molar-refractivity contribution in [2.24, 2.45) is 10.9 Å². The minimum Gasteiger partial charge on any atom is -0.475 e. The minimum absolute atomic E-state index is 0.00453. The Bertz CT molecular complexity index is 1790. The van der Waals surface area contributed by atoms with Gasteiger partial charge in [0.05, 0.1) is 33.4 Å². The van der Waals surface area contributed by atoms with E-state index in [0.29, 0.717) is 43.2 Å². The maximum atomic E-state index is 12.8. The number of halogens is 4. The summed E-state index contributed by atoms with van der Waals surface area (Å²) >= 11 is 7.57. The smallest absolute Gasteiger partial charge is 0.475 e. The van der Waals surface area contributed by atoms with E-state index in [-0.39, 0.29) is 24.3 Å². The molecule has 16 heteroatoms. The number of fused-ring (bicyclic) bond motifs is 1. The molecule has 2 aromatic carbocycles. The summed E-state index contributed by atoms with van der Waals surface area (Å²) in [5.74, 6) is -3.52. The first-order valence-corrected chi connectivity index (χ1v) is 15.3. The Morgan fingerprint density at radius 1 is 1.17 bits per heavy atom. The highest BCUT2D eigenvalue weighted by Gasteiger charge is 2.38. The lowest BCUT2D eigenvalue weighted by Crippen LogP contribution is -2.28. The van der Waals surface area contributed by atoms with Gasteiger partial charge in [0.1, 0.15) is 5.56 Å². The lowest BCUT2D eigenvalue weighted by atomic mass is 9.85. The van der Waals surface area contributed by atoms with Gasteiger partial charge < -0.3 is 25.4 Å². The van der Waals surface area contributed by atoms with Crippen LogP contribution in [0.3, 0.4) is 0 Å². The number of aromatic nitrogens is 1. The number of hydrogen-bond acceptors (Lipinski definition) is 9. The number of amidine groups is 1. The van der Waals surface area contributed by atoms with Crippen LogP contribution in [-0.4, -0.2) is 65.9 Å². The standard InChI is InChI=1S/C29H28ClN5O4S.C2HF3O2/c1-4-39-28(38)20-15-31-22-11-8-16(12-19(22)25(20)35(2)3)13-24-27(37)34-29(40-24)33-23-14-18(9-10-21(23)30)32-26(36)17-6-5-7-17;3-2(4,5)1(6)7/h8-15,17H,4-7H2,1-3H3,(H,32,36)(H,33,34,37);(H,6,7). The second-order valence-corrected chi connectivity index (χ2v) is 11.9. The first-order valence-electron chi connectivity index (χ1n) is 14.1. The van der Waals surface area contributed by atoms with Crippen LogP contribution in [0, 0.1) is 5.92 Å². The van der Waals surface area contributed by atoms with Crippen molar-refractivity contribution >= 4 is 86.3 Å². The van der Waals surface area contributed by atoms with Gasteiger partial charge in [-0.2, -0.15) is 18.2 Å². The van der Waals surface area contributed by atoms with E-state index >= 15 is 0 Å². The Labute approximate surface area is 276 Å². The molecule has 2 amide bonds. The molecular formula is C31H29ClF3N5O6S. The zero-order valence-electron chi connectivity index (χ0n) is 25.3. The predicted octanol–water partition coefficient (Wildman–Crippen LogP) is 6.59. The fraction of sp³-hybridized carbons (Fsp3) is 0.290. The van der Waals surface area contributed by atoms with Crippen molar-refractivity contribution in [2.45, 2.75) is 32.4 Å². The molecule has 47 heavy (non-hydrogen) atoms. The van der Waals surface area contributed by atoms with E-state index in [9.17, 15) is 27.6 Å². The second-order valence-electron chi connectivity index (χ2n) is 10.5. The Morgan fingerprint density at radius 3 is 2.47 bits per heavy atom. The van der Waals surface area contributed by atoms with Gasteiger partial charge >= 0.3 is 18.1 Å². The molecule has 0 unspecified atom stereocenters. The molecule has 1 aromatic heterocycles. The number of thioether (sulfide) groups is 1. The van der Waals surface area contributed by atoms with E-state index in [0.717, 1.165) is 30.2 Å². The number of ether oxygens (including phenoxy) is 1. The van der Waals surface area contributed by atoms with E-state index in [1.165, 1.54) is 18.0 Å². The second kappa shape index (κ2) is 14.9. The lowest BCUT2D eigenvalue weighted by Gasteiger charge is -2.24. The first kappa shape index (κ1) is 35.2. The Morgan fingerprint density at radius 2 is 1.87 bits per heavy atom. The zero-order chi connectivity index (χ0) is 34.5. The third-order valence-corrected chi connectivity index (χ3v) is 8.15. The molecule has 1 fully saturated rings. The molecule has 11 nitrogen and oxygen atoms in total. The first-order chi connectivity index (χ1) is 22.2. The molecule has 5 rings (SSSR count). The van der Waals surface area contributed by atoms with Gasteiger partial charge in [0.15, 0.2) is 5.17 Å². The molecule has 1 aliphatic heterocycles. The number of aliphatic carboxylic acids is 1. The predicted molar refractivity (Wildman–Crippen MR) is 175 cm³/mol. The number of alkyl halides is 3. The Balaban J connectivity index is 0.000000644. The van der Waals surface area contributed by atoms with Crippen molar-refractivity contribution < 1.29 is 42.2 Å². The van der Waals surface area contributed by atoms with Crippen molar-refractivity contribution in [2.75, 3.05) is 36.2 Å².